The third kappa shape index (κ3) is 5.48. The van der Waals surface area contributed by atoms with Crippen LogP contribution < -0.4 is 8.85 Å². The van der Waals surface area contributed by atoms with E-state index < -0.39 is 16.6 Å². The van der Waals surface area contributed by atoms with E-state index in [4.69, 9.17) is 8.85 Å². The smallest absolute Gasteiger partial charge is 0.250 e. The summed E-state index contributed by atoms with van der Waals surface area (Å²) < 4.78 is 13.9. The first-order valence-corrected chi connectivity index (χ1v) is 25.0. The molecule has 0 saturated carbocycles. The van der Waals surface area contributed by atoms with Crippen molar-refractivity contribution in [2.75, 3.05) is 0 Å². The third-order valence-electron chi connectivity index (χ3n) is 13.2. The predicted molar refractivity (Wildman–Crippen MR) is 229 cm³/mol. The lowest BCUT2D eigenvalue weighted by Crippen LogP contribution is -2.43. The summed E-state index contributed by atoms with van der Waals surface area (Å²) in [5, 5.41) is 5.35. The van der Waals surface area contributed by atoms with E-state index in [9.17, 15) is 0 Å². The van der Waals surface area contributed by atoms with Gasteiger partial charge in [-0.2, -0.15) is 0 Å². The van der Waals surface area contributed by atoms with Crippen LogP contribution in [0.1, 0.15) is 82.6 Å². The Bertz CT molecular complexity index is 2180. The molecule has 0 fully saturated rings. The lowest BCUT2D eigenvalue weighted by atomic mass is 9.80. The molecule has 0 spiro atoms. The fourth-order valence-corrected chi connectivity index (χ4v) is 10.3. The van der Waals surface area contributed by atoms with Crippen molar-refractivity contribution < 1.29 is 8.85 Å². The second-order valence-corrected chi connectivity index (χ2v) is 27.9. The molecule has 0 bridgehead atoms. The molecule has 2 nitrogen and oxygen atoms in total. The molecule has 52 heavy (non-hydrogen) atoms. The van der Waals surface area contributed by atoms with E-state index in [1.54, 1.807) is 0 Å². The van der Waals surface area contributed by atoms with Crippen LogP contribution in [0.4, 0.5) is 0 Å². The number of allylic oxidation sites excluding steroid dienone is 12. The van der Waals surface area contributed by atoms with Crippen molar-refractivity contribution >= 4 is 49.3 Å². The summed E-state index contributed by atoms with van der Waals surface area (Å²) in [6, 6.07) is 23.0. The minimum Gasteiger partial charge on any atom is -0.543 e. The molecule has 0 aromatic heterocycles. The highest BCUT2D eigenvalue weighted by Gasteiger charge is 2.42. The van der Waals surface area contributed by atoms with E-state index in [0.29, 0.717) is 0 Å². The van der Waals surface area contributed by atoms with Crippen molar-refractivity contribution in [2.24, 2.45) is 5.92 Å². The Morgan fingerprint density at radius 2 is 0.923 bits per heavy atom. The highest BCUT2D eigenvalue weighted by Crippen LogP contribution is 2.58. The monoisotopic (exact) mass is 718 g/mol. The van der Waals surface area contributed by atoms with Gasteiger partial charge in [0.1, 0.15) is 11.5 Å². The zero-order chi connectivity index (χ0) is 37.0. The van der Waals surface area contributed by atoms with E-state index in [0.717, 1.165) is 11.5 Å². The number of benzene rings is 4. The lowest BCUT2D eigenvalue weighted by Gasteiger charge is -2.36. The molecule has 0 aliphatic heterocycles. The average Bonchev–Trinajstić information content (AvgIpc) is 3.60. The van der Waals surface area contributed by atoms with Gasteiger partial charge in [-0.25, -0.2) is 0 Å². The SMILES string of the molecule is CC(C1=C2C=CC=CC2c2ccc3ccc(O[Si](C)(C)C(C)(C)C)cc3c21)C1=C2C=CC=CC2c2ccc3ccc(O[Si](C)(C)C(C)(C)C)cc3c21. The Labute approximate surface area is 313 Å². The van der Waals surface area contributed by atoms with Gasteiger partial charge in [0.2, 0.25) is 16.6 Å². The molecule has 2 atom stereocenters. The zero-order valence-electron chi connectivity index (χ0n) is 32.9. The quantitative estimate of drug-likeness (QED) is 0.185. The minimum absolute atomic E-state index is 0.118. The number of fused-ring (bicyclic) bond motifs is 10. The molecule has 4 heteroatoms. The van der Waals surface area contributed by atoms with Gasteiger partial charge in [-0.3, -0.25) is 0 Å². The Morgan fingerprint density at radius 3 is 1.31 bits per heavy atom. The average molecular weight is 719 g/mol. The van der Waals surface area contributed by atoms with Crippen molar-refractivity contribution in [3.05, 3.63) is 143 Å². The van der Waals surface area contributed by atoms with Crippen LogP contribution in [0, 0.1) is 5.92 Å². The van der Waals surface area contributed by atoms with Gasteiger partial charge in [0, 0.05) is 17.8 Å². The van der Waals surface area contributed by atoms with Gasteiger partial charge >= 0.3 is 0 Å². The normalized spacial score (nSPS) is 20.1. The van der Waals surface area contributed by atoms with E-state index >= 15 is 0 Å². The van der Waals surface area contributed by atoms with Crippen LogP contribution in [0.5, 0.6) is 11.5 Å². The molecule has 0 saturated heterocycles. The van der Waals surface area contributed by atoms with E-state index in [2.05, 4.69) is 184 Å². The molecule has 4 aliphatic carbocycles. The summed E-state index contributed by atoms with van der Waals surface area (Å²) in [5.41, 5.74) is 11.3. The summed E-state index contributed by atoms with van der Waals surface area (Å²) in [6.07, 6.45) is 18.4. The van der Waals surface area contributed by atoms with Crippen LogP contribution in [-0.4, -0.2) is 16.6 Å². The van der Waals surface area contributed by atoms with Crippen molar-refractivity contribution in [1.29, 1.82) is 0 Å². The largest absolute Gasteiger partial charge is 0.543 e. The Hall–Kier alpha value is -4.13. The van der Waals surface area contributed by atoms with E-state index in [1.165, 1.54) is 66.1 Å². The second kappa shape index (κ2) is 11.9. The molecule has 266 valence electrons. The van der Waals surface area contributed by atoms with Gasteiger partial charge < -0.3 is 8.85 Å². The van der Waals surface area contributed by atoms with Crippen LogP contribution in [-0.2, 0) is 0 Å². The highest BCUT2D eigenvalue weighted by atomic mass is 28.4. The summed E-state index contributed by atoms with van der Waals surface area (Å²) in [5.74, 6) is 2.61. The first-order valence-electron chi connectivity index (χ1n) is 19.2. The summed E-state index contributed by atoms with van der Waals surface area (Å²) in [6.45, 7) is 25.7. The second-order valence-electron chi connectivity index (χ2n) is 18.5. The molecule has 0 N–H and O–H groups in total. The first-order chi connectivity index (χ1) is 24.5. The summed E-state index contributed by atoms with van der Waals surface area (Å²) in [7, 11) is -4.06. The predicted octanol–water partition coefficient (Wildman–Crippen LogP) is 14.1. The number of hydrogen-bond acceptors (Lipinski definition) is 2. The zero-order valence-corrected chi connectivity index (χ0v) is 34.9. The van der Waals surface area contributed by atoms with Crippen LogP contribution in [0.15, 0.2) is 120 Å². The molecule has 0 heterocycles. The van der Waals surface area contributed by atoms with Gasteiger partial charge in [0.05, 0.1) is 0 Å². The maximum Gasteiger partial charge on any atom is 0.250 e. The molecule has 4 aromatic rings. The fraction of sp³-hybridized carbons (Fsp3) is 0.333. The third-order valence-corrected chi connectivity index (χ3v) is 21.9. The van der Waals surface area contributed by atoms with Crippen LogP contribution in [0.2, 0.25) is 36.3 Å². The Kier molecular flexibility index (Phi) is 8.02. The van der Waals surface area contributed by atoms with Gasteiger partial charge in [-0.1, -0.05) is 133 Å². The van der Waals surface area contributed by atoms with Crippen LogP contribution >= 0.6 is 0 Å². The maximum atomic E-state index is 6.94. The standard InChI is InChI=1S/C48H54O2Si2/c1-30(43-37-18-14-12-16-35(37)39-26-22-31-20-24-33(28-41(31)45(39)43)49-51(8,9)47(2,3)4)44-38-19-15-13-17-36(38)40-27-23-32-21-25-34(29-42(32)46(40)44)50-52(10,11)48(5,6)7/h12-30,35-36H,1-11H3. The topological polar surface area (TPSA) is 18.5 Å². The van der Waals surface area contributed by atoms with Crippen LogP contribution in [0.3, 0.4) is 0 Å². The fourth-order valence-electron chi connectivity index (χ4n) is 8.28. The molecule has 4 aromatic carbocycles. The lowest BCUT2D eigenvalue weighted by molar-refractivity contribution is 0.492. The van der Waals surface area contributed by atoms with Gasteiger partial charge in [0.25, 0.3) is 0 Å². The van der Waals surface area contributed by atoms with E-state index in [-0.39, 0.29) is 27.8 Å². The van der Waals surface area contributed by atoms with Crippen molar-refractivity contribution in [2.45, 2.75) is 96.6 Å². The molecule has 0 radical (unpaired) electrons. The molecular formula is C48H54O2Si2. The van der Waals surface area contributed by atoms with Crippen molar-refractivity contribution in [3.8, 4) is 11.5 Å². The minimum atomic E-state index is -2.03. The first kappa shape index (κ1) is 34.9. The Balaban J connectivity index is 1.33. The van der Waals surface area contributed by atoms with Gasteiger partial charge in [0.15, 0.2) is 0 Å². The highest BCUT2D eigenvalue weighted by molar-refractivity contribution is 6.75. The van der Waals surface area contributed by atoms with Crippen LogP contribution in [0.25, 0.3) is 32.7 Å². The molecular weight excluding hydrogens is 665 g/mol. The summed E-state index contributed by atoms with van der Waals surface area (Å²) in [4.78, 5) is 0. The maximum absolute atomic E-state index is 6.94. The van der Waals surface area contributed by atoms with Crippen molar-refractivity contribution in [1.82, 2.24) is 0 Å². The van der Waals surface area contributed by atoms with E-state index in [1.807, 2.05) is 0 Å². The summed E-state index contributed by atoms with van der Waals surface area (Å²) >= 11 is 0. The van der Waals surface area contributed by atoms with Gasteiger partial charge in [-0.15, -0.1) is 0 Å². The molecule has 8 rings (SSSR count). The Morgan fingerprint density at radius 1 is 0.538 bits per heavy atom. The molecule has 4 aliphatic rings. The number of hydrogen-bond donors (Lipinski definition) is 0. The molecule has 2 unspecified atom stereocenters. The van der Waals surface area contributed by atoms with Gasteiger partial charge in [-0.05, 0) is 127 Å². The number of rotatable bonds is 6. The molecule has 0 amide bonds. The van der Waals surface area contributed by atoms with Crippen molar-refractivity contribution in [3.63, 3.8) is 0 Å².